The fraction of sp³-hybridized carbons (Fsp3) is 0.737. The second-order valence-corrected chi connectivity index (χ2v) is 19.3. The molecule has 0 saturated carbocycles. The molecule has 0 bridgehead atoms. The van der Waals surface area contributed by atoms with Crippen molar-refractivity contribution in [3.63, 3.8) is 0 Å². The van der Waals surface area contributed by atoms with Crippen molar-refractivity contribution in [2.45, 2.75) is 184 Å². The predicted octanol–water partition coefficient (Wildman–Crippen LogP) is 12.1. The number of oxazole rings is 1. The first-order chi connectivity index (χ1) is 21.6. The van der Waals surface area contributed by atoms with Gasteiger partial charge < -0.3 is 8.94 Å². The Morgan fingerprint density at radius 1 is 0.521 bits per heavy atom. The molecule has 48 heavy (non-hydrogen) atoms. The molecule has 0 aromatic carbocycles. The van der Waals surface area contributed by atoms with E-state index in [0.717, 1.165) is 34.1 Å². The van der Waals surface area contributed by atoms with Crippen LogP contribution in [0.15, 0.2) is 20.6 Å². The van der Waals surface area contributed by atoms with Gasteiger partial charge in [0, 0.05) is 50.7 Å². The minimum absolute atomic E-state index is 0.0172. The molecule has 0 aliphatic carbocycles. The van der Waals surface area contributed by atoms with E-state index in [0.29, 0.717) is 23.7 Å². The second kappa shape index (κ2) is 17.5. The van der Waals surface area contributed by atoms with Gasteiger partial charge in [0.2, 0.25) is 5.89 Å². The van der Waals surface area contributed by atoms with E-state index in [2.05, 4.69) is 159 Å². The summed E-state index contributed by atoms with van der Waals surface area (Å²) < 4.78 is 14.8. The van der Waals surface area contributed by atoms with Gasteiger partial charge in [0.1, 0.15) is 17.1 Å². The van der Waals surface area contributed by atoms with E-state index < -0.39 is 0 Å². The van der Waals surface area contributed by atoms with Crippen LogP contribution in [0.25, 0.3) is 0 Å². The molecule has 4 heterocycles. The first-order valence-corrected chi connectivity index (χ1v) is 18.9. The molecule has 0 radical (unpaired) electrons. The lowest BCUT2D eigenvalue weighted by Crippen LogP contribution is -2.13. The summed E-state index contributed by atoms with van der Waals surface area (Å²) in [5, 5.41) is 8.49. The molecule has 0 saturated heterocycles. The van der Waals surface area contributed by atoms with Gasteiger partial charge in [-0.15, -0.1) is 11.3 Å². The zero-order valence-corrected chi connectivity index (χ0v) is 35.4. The predicted molar refractivity (Wildman–Crippen MR) is 204 cm³/mol. The van der Waals surface area contributed by atoms with Crippen molar-refractivity contribution >= 4 is 22.9 Å². The van der Waals surface area contributed by atoms with E-state index in [4.69, 9.17) is 8.94 Å². The molecule has 4 aromatic heterocycles. The van der Waals surface area contributed by atoms with Crippen LogP contribution in [0.3, 0.4) is 0 Å². The summed E-state index contributed by atoms with van der Waals surface area (Å²) in [6.45, 7) is 42.5. The highest BCUT2D eigenvalue weighted by atomic mass is 32.1. The summed E-state index contributed by atoms with van der Waals surface area (Å²) in [5.41, 5.74) is 2.61. The van der Waals surface area contributed by atoms with Crippen LogP contribution < -0.4 is 0 Å². The first kappa shape index (κ1) is 43.6. The highest BCUT2D eigenvalue weighted by molar-refractivity contribution is 7.09. The molecule has 272 valence electrons. The summed E-state index contributed by atoms with van der Waals surface area (Å²) in [6, 6.07) is 0. The van der Waals surface area contributed by atoms with Gasteiger partial charge in [0.15, 0.2) is 11.7 Å². The van der Waals surface area contributed by atoms with Crippen LogP contribution in [0.1, 0.15) is 207 Å². The average molecular weight is 703 g/mol. The standard InChI is InChI=1S/C10H17NO.C10H17NS.C9H16N2O.C9H16N2S/c2*1-7(2)9-11-8(6-12-9)10(3,4)5;2*1-6(2)7-10-8(11-12-7)9(3,4)5/h2*6-7H,1-5H3;2*6H,1-5H3. The topological polar surface area (TPSA) is 104 Å². The molecule has 0 atom stereocenters. The highest BCUT2D eigenvalue weighted by Gasteiger charge is 2.23. The molecule has 0 unspecified atom stereocenters. The quantitative estimate of drug-likeness (QED) is 0.207. The SMILES string of the molecule is CC(C)c1nc(C(C)(C)C)co1.CC(C)c1nc(C(C)(C)C)cs1.CC(C)c1nc(C(C)(C)C)no1.CC(C)c1nc(C(C)(C)C)ns1. The lowest BCUT2D eigenvalue weighted by molar-refractivity contribution is 0.352. The third kappa shape index (κ3) is 14.6. The number of aromatic nitrogens is 6. The molecule has 0 aliphatic rings. The lowest BCUT2D eigenvalue weighted by Gasteiger charge is -2.14. The van der Waals surface area contributed by atoms with Crippen molar-refractivity contribution in [3.05, 3.63) is 56.5 Å². The summed E-state index contributed by atoms with van der Waals surface area (Å²) >= 11 is 3.30. The summed E-state index contributed by atoms with van der Waals surface area (Å²) in [7, 11) is 0. The van der Waals surface area contributed by atoms with Crippen molar-refractivity contribution < 1.29 is 8.94 Å². The van der Waals surface area contributed by atoms with Crippen molar-refractivity contribution in [1.82, 2.24) is 29.5 Å². The van der Waals surface area contributed by atoms with Crippen molar-refractivity contribution in [2.75, 3.05) is 0 Å². The Kier molecular flexibility index (Phi) is 15.8. The van der Waals surface area contributed by atoms with Gasteiger partial charge >= 0.3 is 0 Å². The van der Waals surface area contributed by atoms with Crippen LogP contribution in [0.5, 0.6) is 0 Å². The number of hydrogen-bond donors (Lipinski definition) is 0. The number of hydrogen-bond acceptors (Lipinski definition) is 10. The molecule has 0 fully saturated rings. The Labute approximate surface area is 300 Å². The molecule has 0 aliphatic heterocycles. The second-order valence-electron chi connectivity index (χ2n) is 17.7. The Balaban J connectivity index is 0.000000320. The fourth-order valence-electron chi connectivity index (χ4n) is 3.34. The Morgan fingerprint density at radius 3 is 1.27 bits per heavy atom. The van der Waals surface area contributed by atoms with Crippen LogP contribution in [0, 0.1) is 0 Å². The van der Waals surface area contributed by atoms with Crippen LogP contribution >= 0.6 is 22.9 Å². The molecule has 0 amide bonds. The minimum atomic E-state index is -0.0172. The zero-order valence-electron chi connectivity index (χ0n) is 33.8. The van der Waals surface area contributed by atoms with Gasteiger partial charge in [-0.3, -0.25) is 0 Å². The van der Waals surface area contributed by atoms with Crippen molar-refractivity contribution in [1.29, 1.82) is 0 Å². The van der Waals surface area contributed by atoms with E-state index in [9.17, 15) is 0 Å². The van der Waals surface area contributed by atoms with Gasteiger partial charge in [-0.05, 0) is 11.5 Å². The number of thiazole rings is 1. The Hall–Kier alpha value is -2.46. The number of rotatable bonds is 4. The lowest BCUT2D eigenvalue weighted by atomic mass is 9.93. The number of nitrogens with zero attached hydrogens (tertiary/aromatic N) is 6. The smallest absolute Gasteiger partial charge is 0.229 e. The zero-order chi connectivity index (χ0) is 37.4. The summed E-state index contributed by atoms with van der Waals surface area (Å²) in [4.78, 5) is 17.8. The van der Waals surface area contributed by atoms with Gasteiger partial charge in [-0.2, -0.15) is 9.36 Å². The van der Waals surface area contributed by atoms with Crippen LogP contribution in [-0.2, 0) is 21.7 Å². The van der Waals surface area contributed by atoms with E-state index in [-0.39, 0.29) is 21.7 Å². The minimum Gasteiger partial charge on any atom is -0.448 e. The first-order valence-electron chi connectivity index (χ1n) is 17.2. The van der Waals surface area contributed by atoms with Gasteiger partial charge in [-0.1, -0.05) is 144 Å². The van der Waals surface area contributed by atoms with Crippen LogP contribution in [0.2, 0.25) is 0 Å². The Morgan fingerprint density at radius 2 is 1.02 bits per heavy atom. The van der Waals surface area contributed by atoms with Gasteiger partial charge in [0.25, 0.3) is 0 Å². The molecule has 0 spiro atoms. The van der Waals surface area contributed by atoms with E-state index in [1.165, 1.54) is 22.2 Å². The van der Waals surface area contributed by atoms with Crippen molar-refractivity contribution in [2.24, 2.45) is 0 Å². The maximum atomic E-state index is 5.34. The molecule has 8 nitrogen and oxygen atoms in total. The maximum absolute atomic E-state index is 5.34. The summed E-state index contributed by atoms with van der Waals surface area (Å²) in [6.07, 6.45) is 1.76. The van der Waals surface area contributed by atoms with Crippen LogP contribution in [-0.4, -0.2) is 29.5 Å². The molecular weight excluding hydrogens is 637 g/mol. The maximum Gasteiger partial charge on any atom is 0.229 e. The monoisotopic (exact) mass is 702 g/mol. The van der Waals surface area contributed by atoms with Gasteiger partial charge in [-0.25, -0.2) is 15.0 Å². The molecule has 10 heteroatoms. The molecule has 4 aromatic rings. The third-order valence-corrected chi connectivity index (χ3v) is 8.94. The Bertz CT molecular complexity index is 1260. The van der Waals surface area contributed by atoms with E-state index in [1.807, 2.05) is 13.8 Å². The van der Waals surface area contributed by atoms with Crippen molar-refractivity contribution in [3.8, 4) is 0 Å². The highest BCUT2D eigenvalue weighted by Crippen LogP contribution is 2.28. The molecule has 4 rings (SSSR count). The van der Waals surface area contributed by atoms with E-state index >= 15 is 0 Å². The van der Waals surface area contributed by atoms with Gasteiger partial charge in [0.05, 0.1) is 16.4 Å². The normalized spacial score (nSPS) is 12.5. The molecular formula is C38H66N6O2S2. The largest absolute Gasteiger partial charge is 0.448 e. The summed E-state index contributed by atoms with van der Waals surface area (Å²) in [5.74, 6) is 5.06. The van der Waals surface area contributed by atoms with Crippen LogP contribution in [0.4, 0.5) is 0 Å². The average Bonchev–Trinajstić information content (AvgIpc) is 3.74. The fourth-order valence-corrected chi connectivity index (χ4v) is 5.24. The third-order valence-electron chi connectivity index (χ3n) is 6.78. The van der Waals surface area contributed by atoms with E-state index in [1.54, 1.807) is 17.6 Å². The molecule has 0 N–H and O–H groups in total.